The van der Waals surface area contributed by atoms with Gasteiger partial charge in [0.1, 0.15) is 0 Å². The van der Waals surface area contributed by atoms with Crippen LogP contribution in [-0.4, -0.2) is 12.7 Å². The van der Waals surface area contributed by atoms with Gasteiger partial charge in [-0.1, -0.05) is 25.5 Å². The highest BCUT2D eigenvalue weighted by molar-refractivity contribution is 5.33. The lowest BCUT2D eigenvalue weighted by Gasteiger charge is -2.29. The van der Waals surface area contributed by atoms with Crippen LogP contribution in [0.25, 0.3) is 0 Å². The molecule has 0 unspecified atom stereocenters. The van der Waals surface area contributed by atoms with Crippen molar-refractivity contribution in [1.82, 2.24) is 0 Å². The Balaban J connectivity index is 1.97. The van der Waals surface area contributed by atoms with E-state index in [4.69, 9.17) is 9.47 Å². The average Bonchev–Trinajstić information content (AvgIpc) is 2.57. The minimum atomic E-state index is -0.901. The van der Waals surface area contributed by atoms with Gasteiger partial charge in [0.25, 0.3) is 0 Å². The Hall–Kier alpha value is -1.42. The summed E-state index contributed by atoms with van der Waals surface area (Å²) in [6.07, 6.45) is 8.93. The number of halogens is 2. The third-order valence-corrected chi connectivity index (χ3v) is 4.37. The molecule has 0 aliphatic heterocycles. The quantitative estimate of drug-likeness (QED) is 0.472. The highest BCUT2D eigenvalue weighted by Crippen LogP contribution is 2.37. The number of allylic oxidation sites excluding steroid dienone is 1. The van der Waals surface area contributed by atoms with Crippen LogP contribution in [0.2, 0.25) is 0 Å². The van der Waals surface area contributed by atoms with E-state index < -0.39 is 11.6 Å². The molecule has 1 aromatic carbocycles. The first-order chi connectivity index (χ1) is 11.2. The summed E-state index contributed by atoms with van der Waals surface area (Å²) in [5.41, 5.74) is 0.460. The van der Waals surface area contributed by atoms with E-state index in [0.717, 1.165) is 45.1 Å². The van der Waals surface area contributed by atoms with Gasteiger partial charge in [-0.15, -0.1) is 0 Å². The first-order valence-corrected chi connectivity index (χ1v) is 8.54. The van der Waals surface area contributed by atoms with Crippen molar-refractivity contribution in [3.63, 3.8) is 0 Å². The van der Waals surface area contributed by atoms with Crippen LogP contribution in [0.5, 0.6) is 5.75 Å². The zero-order chi connectivity index (χ0) is 16.7. The van der Waals surface area contributed by atoms with Crippen LogP contribution in [0.1, 0.15) is 63.9 Å². The molecule has 1 saturated carbocycles. The molecule has 0 aromatic heterocycles. The second kappa shape index (κ2) is 9.02. The lowest BCUT2D eigenvalue weighted by atomic mass is 9.82. The molecule has 23 heavy (non-hydrogen) atoms. The maximum Gasteiger partial charge on any atom is 0.201 e. The third kappa shape index (κ3) is 4.77. The van der Waals surface area contributed by atoms with Gasteiger partial charge >= 0.3 is 0 Å². The molecule has 0 atom stereocenters. The van der Waals surface area contributed by atoms with Crippen molar-refractivity contribution in [2.45, 2.75) is 64.4 Å². The fraction of sp³-hybridized carbons (Fsp3) is 0.579. The van der Waals surface area contributed by atoms with E-state index in [1.54, 1.807) is 19.1 Å². The number of unbranched alkanes of at least 4 members (excludes halogenated alkanes) is 1. The minimum Gasteiger partial charge on any atom is -0.462 e. The number of benzene rings is 1. The molecule has 4 heteroatoms. The molecule has 1 aliphatic rings. The summed E-state index contributed by atoms with van der Waals surface area (Å²) in [5.74, 6) is -1.68. The lowest BCUT2D eigenvalue weighted by Crippen LogP contribution is -2.22. The Morgan fingerprint density at radius 2 is 1.87 bits per heavy atom. The maximum absolute atomic E-state index is 14.3. The highest BCUT2D eigenvalue weighted by atomic mass is 19.2. The lowest BCUT2D eigenvalue weighted by molar-refractivity contribution is 0.0230. The monoisotopic (exact) mass is 324 g/mol. The second-order valence-electron chi connectivity index (χ2n) is 6.07. The van der Waals surface area contributed by atoms with Gasteiger partial charge in [-0.05, 0) is 56.6 Å². The van der Waals surface area contributed by atoms with E-state index in [-0.39, 0.29) is 17.8 Å². The molecule has 128 valence electrons. The molecule has 2 rings (SSSR count). The van der Waals surface area contributed by atoms with Gasteiger partial charge in [-0.2, -0.15) is 4.39 Å². The first-order valence-electron chi connectivity index (χ1n) is 8.54. The highest BCUT2D eigenvalue weighted by Gasteiger charge is 2.26. The van der Waals surface area contributed by atoms with Crippen molar-refractivity contribution in [2.75, 3.05) is 6.61 Å². The Morgan fingerprint density at radius 1 is 1.13 bits per heavy atom. The minimum absolute atomic E-state index is 0.0614. The molecule has 0 N–H and O–H groups in total. The number of rotatable bonds is 7. The van der Waals surface area contributed by atoms with E-state index in [2.05, 4.69) is 6.92 Å². The van der Waals surface area contributed by atoms with Crippen LogP contribution >= 0.6 is 0 Å². The molecule has 1 aromatic rings. The fourth-order valence-electron chi connectivity index (χ4n) is 3.03. The zero-order valence-electron chi connectivity index (χ0n) is 14.0. The Kier molecular flexibility index (Phi) is 7.03. The van der Waals surface area contributed by atoms with E-state index in [0.29, 0.717) is 5.56 Å². The molecule has 1 aliphatic carbocycles. The molecule has 1 fully saturated rings. The molecule has 0 spiro atoms. The average molecular weight is 324 g/mol. The molecule has 2 nitrogen and oxygen atoms in total. The summed E-state index contributed by atoms with van der Waals surface area (Å²) in [6, 6.07) is 3.16. The second-order valence-corrected chi connectivity index (χ2v) is 6.07. The van der Waals surface area contributed by atoms with Crippen molar-refractivity contribution in [2.24, 2.45) is 0 Å². The van der Waals surface area contributed by atoms with Crippen LogP contribution in [0.3, 0.4) is 0 Å². The molecular weight excluding hydrogens is 298 g/mol. The van der Waals surface area contributed by atoms with Crippen LogP contribution in [0.15, 0.2) is 24.5 Å². The van der Waals surface area contributed by atoms with Crippen molar-refractivity contribution < 1.29 is 18.3 Å². The van der Waals surface area contributed by atoms with Crippen LogP contribution in [-0.2, 0) is 4.74 Å². The summed E-state index contributed by atoms with van der Waals surface area (Å²) in [6.45, 7) is 4.69. The van der Waals surface area contributed by atoms with Crippen LogP contribution in [0.4, 0.5) is 8.78 Å². The van der Waals surface area contributed by atoms with E-state index >= 15 is 0 Å². The van der Waals surface area contributed by atoms with Gasteiger partial charge in [-0.3, -0.25) is 0 Å². The van der Waals surface area contributed by atoms with Crippen LogP contribution in [0, 0.1) is 11.6 Å². The zero-order valence-corrected chi connectivity index (χ0v) is 14.0. The molecular formula is C19H26F2O2. The Labute approximate surface area is 137 Å². The normalized spacial score (nSPS) is 21.7. The Morgan fingerprint density at radius 3 is 2.52 bits per heavy atom. The van der Waals surface area contributed by atoms with Gasteiger partial charge in [-0.25, -0.2) is 4.39 Å². The summed E-state index contributed by atoms with van der Waals surface area (Å²) in [4.78, 5) is 0. The largest absolute Gasteiger partial charge is 0.462 e. The van der Waals surface area contributed by atoms with E-state index in [9.17, 15) is 8.78 Å². The smallest absolute Gasteiger partial charge is 0.201 e. The topological polar surface area (TPSA) is 18.5 Å². The van der Waals surface area contributed by atoms with E-state index in [1.165, 1.54) is 12.3 Å². The van der Waals surface area contributed by atoms with E-state index in [1.807, 2.05) is 0 Å². The SMILES string of the molecule is C/C=C/Oc1ccc(C2CCC(OCCCC)CC2)c(F)c1F. The van der Waals surface area contributed by atoms with Crippen LogP contribution < -0.4 is 4.74 Å². The van der Waals surface area contributed by atoms with Crippen molar-refractivity contribution >= 4 is 0 Å². The molecule has 0 amide bonds. The molecule has 0 heterocycles. The van der Waals surface area contributed by atoms with Crippen molar-refractivity contribution in [1.29, 1.82) is 0 Å². The summed E-state index contributed by atoms with van der Waals surface area (Å²) >= 11 is 0. The first kappa shape index (κ1) is 17.9. The fourth-order valence-corrected chi connectivity index (χ4v) is 3.03. The number of hydrogen-bond acceptors (Lipinski definition) is 2. The standard InChI is InChI=1S/C19H26F2O2/c1-3-5-13-22-15-8-6-14(7-9-15)16-10-11-17(23-12-4-2)19(21)18(16)20/h4,10-12,14-15H,3,5-9,13H2,1-2H3/b12-4+. The predicted molar refractivity (Wildman–Crippen MR) is 87.7 cm³/mol. The third-order valence-electron chi connectivity index (χ3n) is 4.37. The molecule has 0 bridgehead atoms. The summed E-state index contributed by atoms with van der Waals surface area (Å²) in [5, 5.41) is 0. The predicted octanol–water partition coefficient (Wildman–Crippen LogP) is 5.72. The molecule has 0 saturated heterocycles. The Bertz CT molecular complexity index is 520. The van der Waals surface area contributed by atoms with Crippen molar-refractivity contribution in [3.8, 4) is 5.75 Å². The molecule has 0 radical (unpaired) electrons. The van der Waals surface area contributed by atoms with Gasteiger partial charge in [0, 0.05) is 6.61 Å². The summed E-state index contributed by atoms with van der Waals surface area (Å²) < 4.78 is 39.3. The van der Waals surface area contributed by atoms with Gasteiger partial charge in [0.2, 0.25) is 5.82 Å². The van der Waals surface area contributed by atoms with Gasteiger partial charge in [0.05, 0.1) is 12.4 Å². The maximum atomic E-state index is 14.3. The summed E-state index contributed by atoms with van der Waals surface area (Å²) in [7, 11) is 0. The number of ether oxygens (including phenoxy) is 2. The number of hydrogen-bond donors (Lipinski definition) is 0. The van der Waals surface area contributed by atoms with Crippen molar-refractivity contribution in [3.05, 3.63) is 41.7 Å². The van der Waals surface area contributed by atoms with Gasteiger partial charge in [0.15, 0.2) is 11.6 Å². The van der Waals surface area contributed by atoms with Gasteiger partial charge < -0.3 is 9.47 Å².